The molecule has 0 bridgehead atoms. The number of ether oxygens (including phenoxy) is 2. The standard InChI is InChI=1S/C23H15NO3S2/c1-28-15-10-8-14(9-11-15)19-13-17(16-5-2-3-6-18(16)26-19)21-23(25)27-22(24-21)20-7-4-12-29-20/h2-13H,1H3. The number of para-hydroxylation sites is 1. The first-order chi connectivity index (χ1) is 14.2. The van der Waals surface area contributed by atoms with Crippen LogP contribution in [0.2, 0.25) is 0 Å². The summed E-state index contributed by atoms with van der Waals surface area (Å²) >= 11 is 3.17. The van der Waals surface area contributed by atoms with Crippen LogP contribution in [0.4, 0.5) is 0 Å². The second-order valence-corrected chi connectivity index (χ2v) is 8.21. The van der Waals surface area contributed by atoms with Crippen LogP contribution in [0.25, 0.3) is 11.3 Å². The number of esters is 1. The lowest BCUT2D eigenvalue weighted by Gasteiger charge is -2.20. The van der Waals surface area contributed by atoms with Gasteiger partial charge >= 0.3 is 5.97 Å². The highest BCUT2D eigenvalue weighted by molar-refractivity contribution is 7.98. The van der Waals surface area contributed by atoms with E-state index in [0.717, 1.165) is 16.0 Å². The third-order valence-electron chi connectivity index (χ3n) is 4.63. The van der Waals surface area contributed by atoms with Gasteiger partial charge in [0, 0.05) is 21.6 Å². The van der Waals surface area contributed by atoms with Crippen molar-refractivity contribution >= 4 is 46.3 Å². The molecule has 4 nitrogen and oxygen atoms in total. The van der Waals surface area contributed by atoms with Crippen molar-refractivity contribution in [1.29, 1.82) is 0 Å². The van der Waals surface area contributed by atoms with Crippen molar-refractivity contribution in [3.05, 3.63) is 93.8 Å². The van der Waals surface area contributed by atoms with Gasteiger partial charge < -0.3 is 9.47 Å². The SMILES string of the molecule is CSc1ccc(C2=CC(=C3N=C(c4cccs4)OC3=O)c3ccccc3O2)cc1. The molecule has 2 aliphatic rings. The first-order valence-electron chi connectivity index (χ1n) is 8.95. The number of hydrogen-bond acceptors (Lipinski definition) is 6. The van der Waals surface area contributed by atoms with E-state index >= 15 is 0 Å². The van der Waals surface area contributed by atoms with Gasteiger partial charge in [-0.1, -0.05) is 36.4 Å². The minimum absolute atomic E-state index is 0.294. The number of rotatable bonds is 3. The van der Waals surface area contributed by atoms with Crippen molar-refractivity contribution in [2.45, 2.75) is 4.90 Å². The zero-order valence-corrected chi connectivity index (χ0v) is 17.0. The normalized spacial score (nSPS) is 17.9. The number of cyclic esters (lactones) is 1. The Kier molecular flexibility index (Phi) is 4.58. The van der Waals surface area contributed by atoms with Gasteiger partial charge in [-0.2, -0.15) is 0 Å². The topological polar surface area (TPSA) is 47.9 Å². The van der Waals surface area contributed by atoms with Gasteiger partial charge in [0.15, 0.2) is 5.70 Å². The third-order valence-corrected chi connectivity index (χ3v) is 6.23. The summed E-state index contributed by atoms with van der Waals surface area (Å²) < 4.78 is 11.6. The van der Waals surface area contributed by atoms with Crippen LogP contribution in [0.5, 0.6) is 5.75 Å². The van der Waals surface area contributed by atoms with Gasteiger partial charge in [-0.25, -0.2) is 9.79 Å². The van der Waals surface area contributed by atoms with E-state index in [0.29, 0.717) is 28.7 Å². The Morgan fingerprint density at radius 2 is 1.79 bits per heavy atom. The smallest absolute Gasteiger partial charge is 0.364 e. The predicted octanol–water partition coefficient (Wildman–Crippen LogP) is 5.62. The Hall–Kier alpha value is -3.09. The zero-order chi connectivity index (χ0) is 19.8. The van der Waals surface area contributed by atoms with Gasteiger partial charge in [-0.15, -0.1) is 23.1 Å². The van der Waals surface area contributed by atoms with E-state index in [1.54, 1.807) is 11.8 Å². The highest BCUT2D eigenvalue weighted by Gasteiger charge is 2.30. The van der Waals surface area contributed by atoms with E-state index in [4.69, 9.17) is 9.47 Å². The molecule has 142 valence electrons. The van der Waals surface area contributed by atoms with Crippen LogP contribution < -0.4 is 4.74 Å². The minimum Gasteiger partial charge on any atom is -0.456 e. The summed E-state index contributed by atoms with van der Waals surface area (Å²) in [6, 6.07) is 19.6. The molecule has 29 heavy (non-hydrogen) atoms. The van der Waals surface area contributed by atoms with Crippen molar-refractivity contribution in [2.24, 2.45) is 4.99 Å². The molecule has 0 saturated carbocycles. The molecule has 0 amide bonds. The monoisotopic (exact) mass is 417 g/mol. The lowest BCUT2D eigenvalue weighted by atomic mass is 9.98. The molecule has 0 fully saturated rings. The van der Waals surface area contributed by atoms with Gasteiger partial charge in [-0.3, -0.25) is 0 Å². The maximum Gasteiger partial charge on any atom is 0.364 e. The average molecular weight is 418 g/mol. The number of aliphatic imine (C=N–C) groups is 1. The molecule has 3 heterocycles. The molecule has 1 aromatic heterocycles. The number of benzene rings is 2. The molecule has 0 spiro atoms. The second kappa shape index (κ2) is 7.39. The fourth-order valence-electron chi connectivity index (χ4n) is 3.21. The van der Waals surface area contributed by atoms with Gasteiger partial charge in [0.1, 0.15) is 11.5 Å². The van der Waals surface area contributed by atoms with Crippen LogP contribution in [-0.2, 0) is 9.53 Å². The largest absolute Gasteiger partial charge is 0.456 e. The number of nitrogens with zero attached hydrogens (tertiary/aromatic N) is 1. The van der Waals surface area contributed by atoms with Crippen molar-refractivity contribution in [3.63, 3.8) is 0 Å². The third kappa shape index (κ3) is 3.30. The summed E-state index contributed by atoms with van der Waals surface area (Å²) in [5.41, 5.74) is 2.75. The molecule has 0 N–H and O–H groups in total. The molecule has 0 aliphatic carbocycles. The Balaban J connectivity index is 1.66. The molecule has 0 saturated heterocycles. The van der Waals surface area contributed by atoms with Crippen LogP contribution >= 0.6 is 23.1 Å². The maximum absolute atomic E-state index is 12.7. The quantitative estimate of drug-likeness (QED) is 0.315. The highest BCUT2D eigenvalue weighted by Crippen LogP contribution is 2.40. The van der Waals surface area contributed by atoms with Crippen LogP contribution in [0.3, 0.4) is 0 Å². The lowest BCUT2D eigenvalue weighted by molar-refractivity contribution is -0.129. The van der Waals surface area contributed by atoms with Crippen LogP contribution in [-0.4, -0.2) is 18.1 Å². The van der Waals surface area contributed by atoms with Crippen molar-refractivity contribution in [1.82, 2.24) is 0 Å². The van der Waals surface area contributed by atoms with Crippen molar-refractivity contribution in [3.8, 4) is 5.75 Å². The molecule has 2 aliphatic heterocycles. The molecule has 0 radical (unpaired) electrons. The Morgan fingerprint density at radius 3 is 2.55 bits per heavy atom. The second-order valence-electron chi connectivity index (χ2n) is 6.38. The Bertz CT molecular complexity index is 1190. The summed E-state index contributed by atoms with van der Waals surface area (Å²) in [7, 11) is 0. The molecule has 6 heteroatoms. The number of carbonyl (C=O) groups excluding carboxylic acids is 1. The summed E-state index contributed by atoms with van der Waals surface area (Å²) in [6.45, 7) is 0. The Labute approximate surface area is 176 Å². The number of hydrogen-bond donors (Lipinski definition) is 0. The fraction of sp³-hybridized carbons (Fsp3) is 0.0435. The molecular weight excluding hydrogens is 402 g/mol. The summed E-state index contributed by atoms with van der Waals surface area (Å²) in [5.74, 6) is 1.25. The number of thiophene rings is 1. The predicted molar refractivity (Wildman–Crippen MR) is 117 cm³/mol. The molecule has 2 aromatic carbocycles. The van der Waals surface area contributed by atoms with Gasteiger partial charge in [0.05, 0.1) is 4.88 Å². The molecule has 0 unspecified atom stereocenters. The summed E-state index contributed by atoms with van der Waals surface area (Å²) in [6.07, 6.45) is 3.91. The Morgan fingerprint density at radius 1 is 0.966 bits per heavy atom. The van der Waals surface area contributed by atoms with Gasteiger partial charge in [-0.05, 0) is 42.0 Å². The number of fused-ring (bicyclic) bond motifs is 1. The van der Waals surface area contributed by atoms with E-state index in [9.17, 15) is 4.79 Å². The van der Waals surface area contributed by atoms with Gasteiger partial charge in [0.25, 0.3) is 0 Å². The van der Waals surface area contributed by atoms with E-state index in [1.165, 1.54) is 16.2 Å². The van der Waals surface area contributed by atoms with E-state index in [-0.39, 0.29) is 0 Å². The number of carbonyl (C=O) groups is 1. The summed E-state index contributed by atoms with van der Waals surface area (Å²) in [5, 5.41) is 1.93. The fourth-order valence-corrected chi connectivity index (χ4v) is 4.27. The molecule has 5 rings (SSSR count). The van der Waals surface area contributed by atoms with E-state index in [1.807, 2.05) is 66.2 Å². The molecule has 3 aromatic rings. The lowest BCUT2D eigenvalue weighted by Crippen LogP contribution is -2.08. The van der Waals surface area contributed by atoms with Crippen LogP contribution in [0.1, 0.15) is 16.0 Å². The van der Waals surface area contributed by atoms with Crippen LogP contribution in [0, 0.1) is 0 Å². The first kappa shape index (κ1) is 18.0. The number of allylic oxidation sites excluding steroid dienone is 2. The van der Waals surface area contributed by atoms with Crippen molar-refractivity contribution in [2.75, 3.05) is 6.26 Å². The molecular formula is C23H15NO3S2. The zero-order valence-electron chi connectivity index (χ0n) is 15.4. The van der Waals surface area contributed by atoms with Crippen molar-refractivity contribution < 1.29 is 14.3 Å². The minimum atomic E-state index is -0.451. The summed E-state index contributed by atoms with van der Waals surface area (Å²) in [4.78, 5) is 19.2. The highest BCUT2D eigenvalue weighted by atomic mass is 32.2. The van der Waals surface area contributed by atoms with E-state index < -0.39 is 5.97 Å². The molecule has 0 atom stereocenters. The number of thioether (sulfide) groups is 1. The van der Waals surface area contributed by atoms with Gasteiger partial charge in [0.2, 0.25) is 5.90 Å². The van der Waals surface area contributed by atoms with E-state index in [2.05, 4.69) is 17.1 Å². The first-order valence-corrected chi connectivity index (χ1v) is 11.1. The maximum atomic E-state index is 12.7. The van der Waals surface area contributed by atoms with Crippen LogP contribution in [0.15, 0.2) is 87.7 Å². The average Bonchev–Trinajstić information content (AvgIpc) is 3.43.